The van der Waals surface area contributed by atoms with Crippen LogP contribution in [0.3, 0.4) is 0 Å². The molecule has 1 aromatic rings. The molecule has 1 saturated carbocycles. The topological polar surface area (TPSA) is 32.8 Å². The number of hydrogen-bond donors (Lipinski definition) is 0. The van der Waals surface area contributed by atoms with Crippen molar-refractivity contribution in [1.29, 1.82) is 0 Å². The van der Waals surface area contributed by atoms with Crippen LogP contribution in [0.25, 0.3) is 0 Å². The molecular formula is C21H21IN2O2. The number of ether oxygens (including phenoxy) is 1. The van der Waals surface area contributed by atoms with Crippen molar-refractivity contribution in [1.82, 2.24) is 4.90 Å². The Balaban J connectivity index is 1.60. The number of rotatable bonds is 0. The molecule has 26 heavy (non-hydrogen) atoms. The van der Waals surface area contributed by atoms with Crippen LogP contribution in [0.15, 0.2) is 35.9 Å². The minimum absolute atomic E-state index is 0.0544. The minimum Gasteiger partial charge on any atom is -0.373 e. The molecule has 1 spiro atoms. The van der Waals surface area contributed by atoms with Gasteiger partial charge in [0.25, 0.3) is 0 Å². The monoisotopic (exact) mass is 460 g/mol. The number of alkyl halides is 1. The van der Waals surface area contributed by atoms with Crippen molar-refractivity contribution in [3.05, 3.63) is 41.5 Å². The summed E-state index contributed by atoms with van der Waals surface area (Å²) in [6, 6.07) is 9.31. The Morgan fingerprint density at radius 1 is 1.27 bits per heavy atom. The molecule has 5 heteroatoms. The van der Waals surface area contributed by atoms with Crippen LogP contribution >= 0.6 is 22.6 Å². The van der Waals surface area contributed by atoms with Gasteiger partial charge < -0.3 is 4.74 Å². The Morgan fingerprint density at radius 3 is 3.08 bits per heavy atom. The summed E-state index contributed by atoms with van der Waals surface area (Å²) >= 11 is 2.71. The van der Waals surface area contributed by atoms with Gasteiger partial charge in [0.05, 0.1) is 19.1 Å². The van der Waals surface area contributed by atoms with Crippen LogP contribution in [0.2, 0.25) is 0 Å². The zero-order chi connectivity index (χ0) is 17.3. The Kier molecular flexibility index (Phi) is 2.64. The van der Waals surface area contributed by atoms with E-state index in [1.165, 1.54) is 17.7 Å². The average Bonchev–Trinajstić information content (AvgIpc) is 3.05. The van der Waals surface area contributed by atoms with Crippen molar-refractivity contribution < 1.29 is 9.53 Å². The Labute approximate surface area is 166 Å². The van der Waals surface area contributed by atoms with Crippen molar-refractivity contribution in [2.75, 3.05) is 24.6 Å². The van der Waals surface area contributed by atoms with E-state index in [1.807, 2.05) is 0 Å². The standard InChI is InChI=1S/C21H21IN2O2/c22-21-19-13-9-17-20(21)6-7-23(17)11-12(13)5-8-26-16(19)10-18(25)24(21)15-4-2-1-3-14(15)20/h1-5,13,16-17,19H,6-11H2/t13-,16?,17-,19+,20+,21?/m0/s1. The number of carbonyl (C=O) groups is 1. The zero-order valence-electron chi connectivity index (χ0n) is 14.5. The predicted molar refractivity (Wildman–Crippen MR) is 106 cm³/mol. The summed E-state index contributed by atoms with van der Waals surface area (Å²) in [6.45, 7) is 2.92. The summed E-state index contributed by atoms with van der Waals surface area (Å²) in [5.41, 5.74) is 4.23. The van der Waals surface area contributed by atoms with Crippen LogP contribution < -0.4 is 4.90 Å². The van der Waals surface area contributed by atoms with Gasteiger partial charge in [-0.1, -0.05) is 52.4 Å². The van der Waals surface area contributed by atoms with Crippen LogP contribution in [0.1, 0.15) is 24.8 Å². The first-order chi connectivity index (χ1) is 12.7. The van der Waals surface area contributed by atoms with Crippen molar-refractivity contribution >= 4 is 34.2 Å². The molecule has 7 rings (SSSR count). The van der Waals surface area contributed by atoms with Gasteiger partial charge in [-0.3, -0.25) is 14.6 Å². The number of fused-ring (bicyclic) bond motifs is 2. The molecule has 1 aromatic carbocycles. The molecule has 1 aliphatic carbocycles. The summed E-state index contributed by atoms with van der Waals surface area (Å²) in [5.74, 6) is 1.22. The number of nitrogens with zero attached hydrogens (tertiary/aromatic N) is 2. The molecule has 5 aliphatic heterocycles. The van der Waals surface area contributed by atoms with E-state index in [0.29, 0.717) is 30.9 Å². The molecule has 1 amide bonds. The van der Waals surface area contributed by atoms with Gasteiger partial charge in [0, 0.05) is 29.6 Å². The number of para-hydroxylation sites is 1. The van der Waals surface area contributed by atoms with E-state index in [-0.39, 0.29) is 21.0 Å². The number of halogens is 1. The fourth-order valence-electron chi connectivity index (χ4n) is 7.53. The first-order valence-electron chi connectivity index (χ1n) is 9.82. The first-order valence-corrected chi connectivity index (χ1v) is 10.9. The quantitative estimate of drug-likeness (QED) is 0.259. The summed E-state index contributed by atoms with van der Waals surface area (Å²) in [5, 5.41) is 0. The highest BCUT2D eigenvalue weighted by Gasteiger charge is 2.77. The van der Waals surface area contributed by atoms with Gasteiger partial charge in [0.1, 0.15) is 3.55 Å². The lowest BCUT2D eigenvalue weighted by Crippen LogP contribution is -2.74. The average molecular weight is 460 g/mol. The van der Waals surface area contributed by atoms with Gasteiger partial charge in [-0.2, -0.15) is 0 Å². The van der Waals surface area contributed by atoms with Gasteiger partial charge in [0.2, 0.25) is 5.91 Å². The highest BCUT2D eigenvalue weighted by molar-refractivity contribution is 14.1. The highest BCUT2D eigenvalue weighted by atomic mass is 127. The van der Waals surface area contributed by atoms with E-state index in [1.54, 1.807) is 5.57 Å². The molecule has 2 bridgehead atoms. The van der Waals surface area contributed by atoms with Crippen LogP contribution in [-0.4, -0.2) is 46.2 Å². The summed E-state index contributed by atoms with van der Waals surface area (Å²) in [4.78, 5) is 18.3. The Morgan fingerprint density at radius 2 is 2.15 bits per heavy atom. The highest BCUT2D eigenvalue weighted by Crippen LogP contribution is 2.72. The van der Waals surface area contributed by atoms with E-state index in [2.05, 4.69) is 62.7 Å². The van der Waals surface area contributed by atoms with Gasteiger partial charge in [-0.25, -0.2) is 0 Å². The maximum Gasteiger partial charge on any atom is 0.230 e. The number of piperidine rings is 2. The molecule has 4 nitrogen and oxygen atoms in total. The zero-order valence-corrected chi connectivity index (χ0v) is 16.7. The lowest BCUT2D eigenvalue weighted by Gasteiger charge is -2.63. The molecule has 134 valence electrons. The molecule has 5 heterocycles. The van der Waals surface area contributed by atoms with E-state index < -0.39 is 0 Å². The van der Waals surface area contributed by atoms with Crippen molar-refractivity contribution in [2.24, 2.45) is 11.8 Å². The van der Waals surface area contributed by atoms with Crippen LogP contribution in [-0.2, 0) is 14.9 Å². The maximum absolute atomic E-state index is 13.4. The molecule has 0 N–H and O–H groups in total. The SMILES string of the molecule is O=C1CC2OCC=C3CN4CC[C@]56c7ccccc7N1C5(I)[C@@H]2[C@H]3C[C@H]46. The van der Waals surface area contributed by atoms with Gasteiger partial charge >= 0.3 is 0 Å². The molecule has 0 radical (unpaired) electrons. The van der Waals surface area contributed by atoms with Crippen molar-refractivity contribution in [3.63, 3.8) is 0 Å². The lowest BCUT2D eigenvalue weighted by atomic mass is 9.53. The van der Waals surface area contributed by atoms with E-state index >= 15 is 0 Å². The Bertz CT molecular complexity index is 900. The maximum atomic E-state index is 13.4. The third-order valence-corrected chi connectivity index (χ3v) is 10.4. The van der Waals surface area contributed by atoms with Crippen molar-refractivity contribution in [3.8, 4) is 0 Å². The third kappa shape index (κ3) is 1.36. The van der Waals surface area contributed by atoms with E-state index in [9.17, 15) is 4.79 Å². The molecular weight excluding hydrogens is 439 g/mol. The molecule has 0 aromatic heterocycles. The second-order valence-electron chi connectivity index (χ2n) is 8.85. The summed E-state index contributed by atoms with van der Waals surface area (Å²) in [7, 11) is 0. The molecule has 4 fully saturated rings. The molecule has 3 saturated heterocycles. The number of carbonyl (C=O) groups excluding carboxylic acids is 1. The number of anilines is 1. The Hall–Kier alpha value is -0.920. The fraction of sp³-hybridized carbons (Fsp3) is 0.571. The number of hydrogen-bond acceptors (Lipinski definition) is 3. The number of benzene rings is 1. The van der Waals surface area contributed by atoms with Crippen molar-refractivity contribution in [2.45, 2.75) is 40.4 Å². The van der Waals surface area contributed by atoms with Gasteiger partial charge in [0.15, 0.2) is 0 Å². The second kappa shape index (κ2) is 4.55. The summed E-state index contributed by atoms with van der Waals surface area (Å²) < 4.78 is 6.12. The fourth-order valence-corrected chi connectivity index (χ4v) is 9.81. The smallest absolute Gasteiger partial charge is 0.230 e. The third-order valence-electron chi connectivity index (χ3n) is 8.28. The van der Waals surface area contributed by atoms with E-state index in [4.69, 9.17) is 4.74 Å². The minimum atomic E-state index is -0.194. The van der Waals surface area contributed by atoms with Crippen LogP contribution in [0.5, 0.6) is 0 Å². The molecule has 2 unspecified atom stereocenters. The van der Waals surface area contributed by atoms with Crippen LogP contribution in [0.4, 0.5) is 5.69 Å². The summed E-state index contributed by atoms with van der Waals surface area (Å²) in [6.07, 6.45) is 5.32. The molecule has 6 atom stereocenters. The first kappa shape index (κ1) is 15.1. The van der Waals surface area contributed by atoms with Gasteiger partial charge in [-0.05, 0) is 36.9 Å². The van der Waals surface area contributed by atoms with E-state index in [0.717, 1.165) is 19.5 Å². The normalized spacial score (nSPS) is 47.5. The van der Waals surface area contributed by atoms with Gasteiger partial charge in [-0.15, -0.1) is 0 Å². The predicted octanol–water partition coefficient (Wildman–Crippen LogP) is 2.86. The number of amides is 1. The van der Waals surface area contributed by atoms with Crippen LogP contribution in [0, 0.1) is 11.8 Å². The lowest BCUT2D eigenvalue weighted by molar-refractivity contribution is -0.133. The molecule has 6 aliphatic rings. The second-order valence-corrected chi connectivity index (χ2v) is 10.5. The largest absolute Gasteiger partial charge is 0.373 e.